The highest BCUT2D eigenvalue weighted by molar-refractivity contribution is 5.99. The number of amides is 2. The lowest BCUT2D eigenvalue weighted by atomic mass is 10.2. The van der Waals surface area contributed by atoms with Crippen LogP contribution in [0.25, 0.3) is 0 Å². The lowest BCUT2D eigenvalue weighted by molar-refractivity contribution is -0.121. The van der Waals surface area contributed by atoms with Crippen molar-refractivity contribution >= 4 is 23.4 Å². The maximum atomic E-state index is 14.4. The van der Waals surface area contributed by atoms with Crippen LogP contribution < -0.4 is 19.3 Å². The van der Waals surface area contributed by atoms with Crippen molar-refractivity contribution in [3.8, 4) is 23.8 Å². The van der Waals surface area contributed by atoms with Gasteiger partial charge in [-0.15, -0.1) is 6.42 Å². The number of nitrogens with zero attached hydrogens (tertiary/aromatic N) is 2. The molecule has 0 bridgehead atoms. The van der Waals surface area contributed by atoms with Gasteiger partial charge in [-0.1, -0.05) is 24.1 Å². The molecule has 2 heterocycles. The second kappa shape index (κ2) is 6.65. The number of hydrogen-bond acceptors (Lipinski definition) is 4. The van der Waals surface area contributed by atoms with Crippen LogP contribution in [0.5, 0.6) is 11.5 Å². The van der Waals surface area contributed by atoms with Crippen LogP contribution in [0.3, 0.4) is 0 Å². The molecule has 27 heavy (non-hydrogen) atoms. The van der Waals surface area contributed by atoms with E-state index in [1.165, 1.54) is 15.9 Å². The van der Waals surface area contributed by atoms with E-state index in [2.05, 4.69) is 5.92 Å². The maximum absolute atomic E-state index is 14.4. The molecule has 2 amide bonds. The highest BCUT2D eigenvalue weighted by atomic mass is 19.1. The van der Waals surface area contributed by atoms with E-state index in [0.717, 1.165) is 17.3 Å². The lowest BCUT2D eigenvalue weighted by Crippen LogP contribution is -2.39. The van der Waals surface area contributed by atoms with E-state index in [1.807, 2.05) is 24.3 Å². The van der Waals surface area contributed by atoms with Crippen molar-refractivity contribution in [3.63, 3.8) is 0 Å². The number of para-hydroxylation sites is 1. The van der Waals surface area contributed by atoms with E-state index >= 15 is 0 Å². The van der Waals surface area contributed by atoms with Crippen LogP contribution in [0.4, 0.5) is 20.6 Å². The minimum atomic E-state index is -0.760. The Balaban J connectivity index is 1.63. The molecule has 2 aromatic rings. The number of fused-ring (bicyclic) bond motifs is 2. The fraction of sp³-hybridized carbons (Fsp3) is 0.200. The van der Waals surface area contributed by atoms with Crippen molar-refractivity contribution in [2.75, 3.05) is 29.5 Å². The van der Waals surface area contributed by atoms with Gasteiger partial charge < -0.3 is 9.47 Å². The van der Waals surface area contributed by atoms with E-state index in [-0.39, 0.29) is 36.2 Å². The van der Waals surface area contributed by atoms with Gasteiger partial charge in [-0.2, -0.15) is 0 Å². The molecule has 0 atom stereocenters. The summed E-state index contributed by atoms with van der Waals surface area (Å²) in [6, 6.07) is 9.82. The number of benzene rings is 2. The van der Waals surface area contributed by atoms with E-state index in [1.54, 1.807) is 0 Å². The van der Waals surface area contributed by atoms with E-state index in [9.17, 15) is 14.0 Å². The smallest absolute Gasteiger partial charge is 0.419 e. The molecule has 7 heteroatoms. The van der Waals surface area contributed by atoms with E-state index < -0.39 is 11.9 Å². The minimum absolute atomic E-state index is 0.00765. The number of ether oxygens (including phenoxy) is 2. The second-order valence-electron chi connectivity index (χ2n) is 6.12. The molecular weight excluding hydrogens is 351 g/mol. The topological polar surface area (TPSA) is 59.1 Å². The molecule has 0 saturated carbocycles. The summed E-state index contributed by atoms with van der Waals surface area (Å²) in [6.45, 7) is 0.237. The molecule has 4 rings (SSSR count). The van der Waals surface area contributed by atoms with Crippen molar-refractivity contribution < 1.29 is 23.5 Å². The molecule has 0 aliphatic carbocycles. The fourth-order valence-corrected chi connectivity index (χ4v) is 3.22. The first-order chi connectivity index (χ1) is 13.1. The third-order valence-corrected chi connectivity index (χ3v) is 4.51. The number of halogens is 1. The van der Waals surface area contributed by atoms with Crippen molar-refractivity contribution in [1.29, 1.82) is 0 Å². The van der Waals surface area contributed by atoms with Gasteiger partial charge in [0, 0.05) is 18.7 Å². The summed E-state index contributed by atoms with van der Waals surface area (Å²) in [7, 11) is 0. The number of terminal acetylenes is 1. The molecule has 2 aliphatic rings. The Kier molecular flexibility index (Phi) is 4.16. The third kappa shape index (κ3) is 2.95. The van der Waals surface area contributed by atoms with Gasteiger partial charge in [-0.05, 0) is 18.1 Å². The van der Waals surface area contributed by atoms with Crippen LogP contribution in [0.15, 0.2) is 36.4 Å². The number of carbonyl (C=O) groups is 2. The first kappa shape index (κ1) is 16.9. The molecule has 0 unspecified atom stereocenters. The van der Waals surface area contributed by atoms with Crippen molar-refractivity contribution in [2.24, 2.45) is 0 Å². The van der Waals surface area contributed by atoms with Gasteiger partial charge in [0.25, 0.3) is 5.91 Å². The Hall–Kier alpha value is -3.53. The molecular formula is C20H15FN2O4. The van der Waals surface area contributed by atoms with Crippen molar-refractivity contribution in [2.45, 2.75) is 6.42 Å². The van der Waals surface area contributed by atoms with Crippen LogP contribution in [0.1, 0.15) is 5.56 Å². The third-order valence-electron chi connectivity index (χ3n) is 4.51. The van der Waals surface area contributed by atoms with Gasteiger partial charge in [-0.3, -0.25) is 14.6 Å². The molecule has 0 spiro atoms. The molecule has 0 fully saturated rings. The molecule has 2 aromatic carbocycles. The van der Waals surface area contributed by atoms with Gasteiger partial charge in [0.15, 0.2) is 18.2 Å². The standard InChI is InChI=1S/C20H15FN2O4/c1-2-8-22-16-11-17(14(21)10-18(16)26-12-19(22)24)27-20(25)23-9-7-13-5-3-4-6-15(13)23/h1,3-6,10-11H,7-9,12H2. The lowest BCUT2D eigenvalue weighted by Gasteiger charge is -2.28. The normalized spacial score (nSPS) is 14.9. The number of rotatable bonds is 2. The fourth-order valence-electron chi connectivity index (χ4n) is 3.22. The zero-order valence-corrected chi connectivity index (χ0v) is 14.3. The Morgan fingerprint density at radius 1 is 1.30 bits per heavy atom. The zero-order chi connectivity index (χ0) is 19.0. The summed E-state index contributed by atoms with van der Waals surface area (Å²) in [6.07, 6.45) is 5.32. The largest absolute Gasteiger partial charge is 0.481 e. The first-order valence-corrected chi connectivity index (χ1v) is 8.36. The number of carbonyl (C=O) groups excluding carboxylic acids is 2. The first-order valence-electron chi connectivity index (χ1n) is 8.36. The van der Waals surface area contributed by atoms with Gasteiger partial charge in [0.05, 0.1) is 17.9 Å². The summed E-state index contributed by atoms with van der Waals surface area (Å²) < 4.78 is 24.9. The van der Waals surface area contributed by atoms with E-state index in [0.29, 0.717) is 13.0 Å². The summed E-state index contributed by atoms with van der Waals surface area (Å²) in [4.78, 5) is 27.3. The average Bonchev–Trinajstić information content (AvgIpc) is 3.09. The van der Waals surface area contributed by atoms with Crippen LogP contribution in [-0.2, 0) is 11.2 Å². The highest BCUT2D eigenvalue weighted by Crippen LogP contribution is 2.38. The molecule has 6 nitrogen and oxygen atoms in total. The van der Waals surface area contributed by atoms with Crippen molar-refractivity contribution in [1.82, 2.24) is 0 Å². The molecule has 2 aliphatic heterocycles. The average molecular weight is 366 g/mol. The molecule has 0 N–H and O–H groups in total. The Bertz CT molecular complexity index is 982. The molecule has 136 valence electrons. The van der Waals surface area contributed by atoms with Crippen LogP contribution in [0.2, 0.25) is 0 Å². The minimum Gasteiger partial charge on any atom is -0.481 e. The predicted octanol–water partition coefficient (Wildman–Crippen LogP) is 2.75. The van der Waals surface area contributed by atoms with Gasteiger partial charge >= 0.3 is 6.09 Å². The SMILES string of the molecule is C#CCN1C(=O)COc2cc(F)c(OC(=O)N3CCc4ccccc43)cc21. The summed E-state index contributed by atoms with van der Waals surface area (Å²) >= 11 is 0. The molecule has 0 radical (unpaired) electrons. The van der Waals surface area contributed by atoms with Crippen LogP contribution in [-0.4, -0.2) is 31.7 Å². The van der Waals surface area contributed by atoms with Gasteiger partial charge in [-0.25, -0.2) is 9.18 Å². The Morgan fingerprint density at radius 2 is 2.11 bits per heavy atom. The Morgan fingerprint density at radius 3 is 2.93 bits per heavy atom. The zero-order valence-electron chi connectivity index (χ0n) is 14.3. The summed E-state index contributed by atoms with van der Waals surface area (Å²) in [5.41, 5.74) is 2.04. The van der Waals surface area contributed by atoms with Crippen molar-refractivity contribution in [3.05, 3.63) is 47.8 Å². The van der Waals surface area contributed by atoms with Crippen LogP contribution in [0, 0.1) is 18.2 Å². The molecule has 0 aromatic heterocycles. The predicted molar refractivity (Wildman–Crippen MR) is 96.6 cm³/mol. The maximum Gasteiger partial charge on any atom is 0.419 e. The number of hydrogen-bond donors (Lipinski definition) is 0. The number of anilines is 2. The van der Waals surface area contributed by atoms with Gasteiger partial charge in [0.1, 0.15) is 5.75 Å². The summed E-state index contributed by atoms with van der Waals surface area (Å²) in [5, 5.41) is 0. The Labute approximate surface area is 155 Å². The molecule has 0 saturated heterocycles. The quantitative estimate of drug-likeness (QED) is 0.767. The second-order valence-corrected chi connectivity index (χ2v) is 6.12. The van der Waals surface area contributed by atoms with E-state index in [4.69, 9.17) is 15.9 Å². The van der Waals surface area contributed by atoms with Gasteiger partial charge in [0.2, 0.25) is 0 Å². The summed E-state index contributed by atoms with van der Waals surface area (Å²) in [5.74, 6) is 1.16. The highest BCUT2D eigenvalue weighted by Gasteiger charge is 2.30. The van der Waals surface area contributed by atoms with Crippen LogP contribution >= 0.6 is 0 Å². The monoisotopic (exact) mass is 366 g/mol.